The van der Waals surface area contributed by atoms with Crippen LogP contribution in [-0.4, -0.2) is 35.3 Å². The Morgan fingerprint density at radius 3 is 2.83 bits per heavy atom. The Morgan fingerprint density at radius 2 is 2.22 bits per heavy atom. The average Bonchev–Trinajstić information content (AvgIpc) is 3.00. The summed E-state index contributed by atoms with van der Waals surface area (Å²) in [6.07, 6.45) is 5.42. The molecule has 3 unspecified atom stereocenters. The molecular weight excluding hydrogens is 234 g/mol. The van der Waals surface area contributed by atoms with E-state index in [9.17, 15) is 0 Å². The standard InChI is InChI=1S/C11H17N5O2/c1-17-9-10(13-5-14-11(9)16-12)15-7-4-6-2-3-8(7)18-6/h5-8H,2-4,12H2,1H3,(H2,13,14,15,16). The monoisotopic (exact) mass is 251 g/mol. The van der Waals surface area contributed by atoms with E-state index >= 15 is 0 Å². The third-order valence-electron chi connectivity index (χ3n) is 3.57. The number of hydrogen-bond donors (Lipinski definition) is 3. The zero-order valence-corrected chi connectivity index (χ0v) is 10.2. The van der Waals surface area contributed by atoms with Crippen molar-refractivity contribution in [3.63, 3.8) is 0 Å². The molecule has 3 atom stereocenters. The number of rotatable bonds is 4. The predicted octanol–water partition coefficient (Wildman–Crippen LogP) is 0.503. The Bertz CT molecular complexity index is 441. The Kier molecular flexibility index (Phi) is 2.92. The second-order valence-corrected chi connectivity index (χ2v) is 4.61. The minimum absolute atomic E-state index is 0.281. The normalized spacial score (nSPS) is 29.3. The molecule has 0 aromatic carbocycles. The summed E-state index contributed by atoms with van der Waals surface area (Å²) in [5.41, 5.74) is 2.50. The number of nitrogens with one attached hydrogen (secondary N) is 2. The summed E-state index contributed by atoms with van der Waals surface area (Å²) >= 11 is 0. The number of fused-ring (bicyclic) bond motifs is 2. The summed E-state index contributed by atoms with van der Waals surface area (Å²) in [5, 5.41) is 3.37. The van der Waals surface area contributed by atoms with E-state index in [1.807, 2.05) is 0 Å². The molecule has 7 heteroatoms. The molecule has 1 aromatic rings. The molecule has 1 aromatic heterocycles. The summed E-state index contributed by atoms with van der Waals surface area (Å²) < 4.78 is 11.1. The number of nitrogen functional groups attached to an aromatic ring is 1. The van der Waals surface area contributed by atoms with Gasteiger partial charge < -0.3 is 20.2 Å². The van der Waals surface area contributed by atoms with Gasteiger partial charge in [-0.1, -0.05) is 0 Å². The molecule has 3 rings (SSSR count). The molecule has 98 valence electrons. The van der Waals surface area contributed by atoms with E-state index in [0.717, 1.165) is 12.8 Å². The first-order valence-electron chi connectivity index (χ1n) is 6.09. The van der Waals surface area contributed by atoms with Gasteiger partial charge in [0.25, 0.3) is 0 Å². The maximum absolute atomic E-state index is 5.80. The average molecular weight is 251 g/mol. The minimum Gasteiger partial charge on any atom is -0.490 e. The summed E-state index contributed by atoms with van der Waals surface area (Å²) in [6.45, 7) is 0. The lowest BCUT2D eigenvalue weighted by atomic mass is 9.95. The molecule has 2 aliphatic rings. The molecule has 2 bridgehead atoms. The van der Waals surface area contributed by atoms with Crippen molar-refractivity contribution < 1.29 is 9.47 Å². The van der Waals surface area contributed by atoms with Crippen LogP contribution in [0, 0.1) is 0 Å². The van der Waals surface area contributed by atoms with Crippen LogP contribution in [0.1, 0.15) is 19.3 Å². The number of ether oxygens (including phenoxy) is 2. The molecule has 3 heterocycles. The molecule has 4 N–H and O–H groups in total. The quantitative estimate of drug-likeness (QED) is 0.530. The van der Waals surface area contributed by atoms with Crippen molar-refractivity contribution in [2.45, 2.75) is 37.5 Å². The zero-order chi connectivity index (χ0) is 12.5. The fraction of sp³-hybridized carbons (Fsp3) is 0.636. The summed E-state index contributed by atoms with van der Waals surface area (Å²) in [5.74, 6) is 7.05. The molecule has 2 saturated heterocycles. The predicted molar refractivity (Wildman–Crippen MR) is 66.3 cm³/mol. The van der Waals surface area contributed by atoms with E-state index in [1.165, 1.54) is 12.7 Å². The van der Waals surface area contributed by atoms with Crippen LogP contribution < -0.4 is 21.3 Å². The van der Waals surface area contributed by atoms with Crippen LogP contribution in [0.15, 0.2) is 6.33 Å². The lowest BCUT2D eigenvalue weighted by Gasteiger charge is -2.22. The van der Waals surface area contributed by atoms with Crippen LogP contribution in [0.5, 0.6) is 5.75 Å². The fourth-order valence-electron chi connectivity index (χ4n) is 2.74. The van der Waals surface area contributed by atoms with Gasteiger partial charge in [0, 0.05) is 0 Å². The van der Waals surface area contributed by atoms with Gasteiger partial charge in [0.05, 0.1) is 25.4 Å². The second-order valence-electron chi connectivity index (χ2n) is 4.61. The number of methoxy groups -OCH3 is 1. The highest BCUT2D eigenvalue weighted by Gasteiger charge is 2.41. The van der Waals surface area contributed by atoms with Gasteiger partial charge in [-0.05, 0) is 19.3 Å². The number of nitrogens with zero attached hydrogens (tertiary/aromatic N) is 2. The van der Waals surface area contributed by atoms with Gasteiger partial charge in [-0.25, -0.2) is 15.8 Å². The highest BCUT2D eigenvalue weighted by Crippen LogP contribution is 2.37. The maximum Gasteiger partial charge on any atom is 0.205 e. The molecule has 0 aliphatic carbocycles. The molecule has 0 radical (unpaired) electrons. The van der Waals surface area contributed by atoms with Gasteiger partial charge in [-0.2, -0.15) is 0 Å². The van der Waals surface area contributed by atoms with Crippen molar-refractivity contribution in [1.82, 2.24) is 9.97 Å². The van der Waals surface area contributed by atoms with Crippen LogP contribution >= 0.6 is 0 Å². The summed E-state index contributed by atoms with van der Waals surface area (Å²) in [4.78, 5) is 8.21. The van der Waals surface area contributed by atoms with Crippen molar-refractivity contribution in [1.29, 1.82) is 0 Å². The lowest BCUT2D eigenvalue weighted by molar-refractivity contribution is 0.102. The topological polar surface area (TPSA) is 94.3 Å². The van der Waals surface area contributed by atoms with E-state index in [-0.39, 0.29) is 12.1 Å². The largest absolute Gasteiger partial charge is 0.490 e. The van der Waals surface area contributed by atoms with E-state index in [0.29, 0.717) is 23.5 Å². The molecule has 0 saturated carbocycles. The maximum atomic E-state index is 5.80. The van der Waals surface area contributed by atoms with E-state index in [4.69, 9.17) is 15.3 Å². The summed E-state index contributed by atoms with van der Waals surface area (Å²) in [7, 11) is 1.57. The minimum atomic E-state index is 0.281. The fourth-order valence-corrected chi connectivity index (χ4v) is 2.74. The first kappa shape index (κ1) is 11.5. The number of anilines is 2. The highest BCUT2D eigenvalue weighted by molar-refractivity contribution is 5.63. The smallest absolute Gasteiger partial charge is 0.205 e. The van der Waals surface area contributed by atoms with Crippen molar-refractivity contribution in [2.75, 3.05) is 17.9 Å². The van der Waals surface area contributed by atoms with Gasteiger partial charge in [-0.15, -0.1) is 0 Å². The molecule has 7 nitrogen and oxygen atoms in total. The van der Waals surface area contributed by atoms with Crippen molar-refractivity contribution in [3.05, 3.63) is 6.33 Å². The van der Waals surface area contributed by atoms with Gasteiger partial charge >= 0.3 is 0 Å². The number of aromatic nitrogens is 2. The molecule has 2 fully saturated rings. The zero-order valence-electron chi connectivity index (χ0n) is 10.2. The Labute approximate surface area is 105 Å². The van der Waals surface area contributed by atoms with Crippen LogP contribution in [0.4, 0.5) is 11.6 Å². The van der Waals surface area contributed by atoms with Gasteiger partial charge in [-0.3, -0.25) is 0 Å². The number of hydrogen-bond acceptors (Lipinski definition) is 7. The number of hydrazine groups is 1. The number of nitrogens with two attached hydrogens (primary N) is 1. The van der Waals surface area contributed by atoms with Gasteiger partial charge in [0.15, 0.2) is 11.6 Å². The van der Waals surface area contributed by atoms with Crippen LogP contribution in [0.3, 0.4) is 0 Å². The highest BCUT2D eigenvalue weighted by atomic mass is 16.5. The Morgan fingerprint density at radius 1 is 1.39 bits per heavy atom. The SMILES string of the molecule is COc1c(NN)ncnc1NC1CC2CCC1O2. The van der Waals surface area contributed by atoms with Gasteiger partial charge in [0.1, 0.15) is 6.33 Å². The molecule has 0 spiro atoms. The Hall–Kier alpha value is -1.60. The van der Waals surface area contributed by atoms with Crippen molar-refractivity contribution in [2.24, 2.45) is 5.84 Å². The molecule has 0 amide bonds. The second kappa shape index (κ2) is 4.58. The van der Waals surface area contributed by atoms with Crippen molar-refractivity contribution in [3.8, 4) is 5.75 Å². The van der Waals surface area contributed by atoms with Gasteiger partial charge in [0.2, 0.25) is 5.75 Å². The summed E-state index contributed by atoms with van der Waals surface area (Å²) in [6, 6.07) is 0.290. The Balaban J connectivity index is 1.80. The molecule has 18 heavy (non-hydrogen) atoms. The van der Waals surface area contributed by atoms with Crippen LogP contribution in [0.2, 0.25) is 0 Å². The van der Waals surface area contributed by atoms with E-state index in [2.05, 4.69) is 20.7 Å². The van der Waals surface area contributed by atoms with Crippen molar-refractivity contribution >= 4 is 11.6 Å². The first-order valence-corrected chi connectivity index (χ1v) is 6.09. The lowest BCUT2D eigenvalue weighted by Crippen LogP contribution is -2.31. The van der Waals surface area contributed by atoms with E-state index in [1.54, 1.807) is 7.11 Å². The molecule has 2 aliphatic heterocycles. The first-order chi connectivity index (χ1) is 8.81. The third-order valence-corrected chi connectivity index (χ3v) is 3.57. The van der Waals surface area contributed by atoms with E-state index < -0.39 is 0 Å². The van der Waals surface area contributed by atoms with Crippen LogP contribution in [-0.2, 0) is 4.74 Å². The third kappa shape index (κ3) is 1.85. The molecular formula is C11H17N5O2. The van der Waals surface area contributed by atoms with Crippen LogP contribution in [0.25, 0.3) is 0 Å².